The van der Waals surface area contributed by atoms with Crippen molar-refractivity contribution in [3.8, 4) is 16.9 Å². The van der Waals surface area contributed by atoms with Gasteiger partial charge < -0.3 is 20.5 Å². The first-order chi connectivity index (χ1) is 18.0. The Bertz CT molecular complexity index is 1390. The molecule has 0 fully saturated rings. The van der Waals surface area contributed by atoms with E-state index in [0.29, 0.717) is 10.7 Å². The summed E-state index contributed by atoms with van der Waals surface area (Å²) >= 11 is 6.21. The van der Waals surface area contributed by atoms with Crippen molar-refractivity contribution in [3.05, 3.63) is 119 Å². The molecule has 2 amide bonds. The number of benzene rings is 4. The molecule has 0 radical (unpaired) electrons. The van der Waals surface area contributed by atoms with Gasteiger partial charge in [0.2, 0.25) is 5.91 Å². The molecule has 0 spiro atoms. The molecule has 0 saturated heterocycles. The number of hydrogen-bond acceptors (Lipinski definition) is 4. The molecule has 4 aromatic carbocycles. The van der Waals surface area contributed by atoms with Crippen molar-refractivity contribution < 1.29 is 19.4 Å². The second-order valence-corrected chi connectivity index (χ2v) is 9.27. The fraction of sp³-hybridized carbons (Fsp3) is 0.133. The molecule has 7 heteroatoms. The normalized spacial score (nSPS) is 12.8. The minimum atomic E-state index is -0.934. The Kier molecular flexibility index (Phi) is 7.10. The van der Waals surface area contributed by atoms with Gasteiger partial charge in [-0.2, -0.15) is 0 Å². The van der Waals surface area contributed by atoms with Crippen molar-refractivity contribution in [2.24, 2.45) is 0 Å². The summed E-state index contributed by atoms with van der Waals surface area (Å²) in [5, 5.41) is 15.5. The number of phenols is 1. The van der Waals surface area contributed by atoms with Crippen molar-refractivity contribution in [2.45, 2.75) is 18.4 Å². The highest BCUT2D eigenvalue weighted by molar-refractivity contribution is 6.33. The molecule has 1 atom stereocenters. The molecule has 37 heavy (non-hydrogen) atoms. The SMILES string of the molecule is O=C(N[C@@H](Cc1ccc(O)cc1)C(=O)Nc1ccccc1Cl)OCC1c2ccccc2-c2ccccc21. The number of nitrogens with one attached hydrogen (secondary N) is 2. The van der Waals surface area contributed by atoms with Gasteiger partial charge in [0.05, 0.1) is 10.7 Å². The Morgan fingerprint density at radius 2 is 1.43 bits per heavy atom. The third-order valence-electron chi connectivity index (χ3n) is 6.46. The van der Waals surface area contributed by atoms with Gasteiger partial charge >= 0.3 is 6.09 Å². The van der Waals surface area contributed by atoms with E-state index in [4.69, 9.17) is 16.3 Å². The van der Waals surface area contributed by atoms with Crippen LogP contribution in [0.1, 0.15) is 22.6 Å². The van der Waals surface area contributed by atoms with Gasteiger partial charge in [0.15, 0.2) is 0 Å². The molecular weight excluding hydrogens is 488 g/mol. The van der Waals surface area contributed by atoms with E-state index in [1.54, 1.807) is 36.4 Å². The van der Waals surface area contributed by atoms with Gasteiger partial charge in [0.1, 0.15) is 18.4 Å². The fourth-order valence-electron chi connectivity index (χ4n) is 4.64. The van der Waals surface area contributed by atoms with E-state index in [9.17, 15) is 14.7 Å². The molecular formula is C30H25ClN2O4. The zero-order valence-electron chi connectivity index (χ0n) is 19.9. The summed E-state index contributed by atoms with van der Waals surface area (Å²) in [7, 11) is 0. The summed E-state index contributed by atoms with van der Waals surface area (Å²) in [6.07, 6.45) is -0.499. The lowest BCUT2D eigenvalue weighted by Crippen LogP contribution is -2.45. The van der Waals surface area contributed by atoms with Crippen LogP contribution in [-0.4, -0.2) is 29.8 Å². The Morgan fingerprint density at radius 3 is 2.08 bits per heavy atom. The summed E-state index contributed by atoms with van der Waals surface area (Å²) in [5.74, 6) is -0.411. The molecule has 3 N–H and O–H groups in total. The van der Waals surface area contributed by atoms with Gasteiger partial charge in [-0.1, -0.05) is 84.4 Å². The molecule has 5 rings (SSSR count). The first-order valence-corrected chi connectivity index (χ1v) is 12.3. The zero-order chi connectivity index (χ0) is 25.8. The predicted molar refractivity (Wildman–Crippen MR) is 144 cm³/mol. The summed E-state index contributed by atoms with van der Waals surface area (Å²) < 4.78 is 5.65. The van der Waals surface area contributed by atoms with E-state index in [-0.39, 0.29) is 24.7 Å². The minimum absolute atomic E-state index is 0.0920. The largest absolute Gasteiger partial charge is 0.508 e. The van der Waals surface area contributed by atoms with Crippen LogP contribution < -0.4 is 10.6 Å². The van der Waals surface area contributed by atoms with Crippen LogP contribution in [0.5, 0.6) is 5.75 Å². The van der Waals surface area contributed by atoms with E-state index >= 15 is 0 Å². The Labute approximate surface area is 219 Å². The number of carbonyl (C=O) groups excluding carboxylic acids is 2. The van der Waals surface area contributed by atoms with Crippen LogP contribution in [0.4, 0.5) is 10.5 Å². The summed E-state index contributed by atoms with van der Waals surface area (Å²) in [6.45, 7) is 0.137. The van der Waals surface area contributed by atoms with Crippen LogP contribution in [0, 0.1) is 0 Å². The highest BCUT2D eigenvalue weighted by atomic mass is 35.5. The third kappa shape index (κ3) is 5.44. The lowest BCUT2D eigenvalue weighted by molar-refractivity contribution is -0.118. The lowest BCUT2D eigenvalue weighted by atomic mass is 9.98. The molecule has 0 unspecified atom stereocenters. The molecule has 0 aliphatic heterocycles. The van der Waals surface area contributed by atoms with E-state index in [1.165, 1.54) is 12.1 Å². The van der Waals surface area contributed by atoms with E-state index in [1.807, 2.05) is 36.4 Å². The second kappa shape index (κ2) is 10.8. The van der Waals surface area contributed by atoms with Crippen LogP contribution >= 0.6 is 11.6 Å². The molecule has 186 valence electrons. The molecule has 0 saturated carbocycles. The number of rotatable bonds is 7. The van der Waals surface area contributed by atoms with Gasteiger partial charge in [-0.25, -0.2) is 4.79 Å². The summed E-state index contributed by atoms with van der Waals surface area (Å²) in [5.41, 5.74) is 5.69. The van der Waals surface area contributed by atoms with E-state index in [2.05, 4.69) is 22.8 Å². The smallest absolute Gasteiger partial charge is 0.407 e. The van der Waals surface area contributed by atoms with Gasteiger partial charge in [-0.15, -0.1) is 0 Å². The van der Waals surface area contributed by atoms with Crippen LogP contribution in [0.15, 0.2) is 97.1 Å². The van der Waals surface area contributed by atoms with Crippen molar-refractivity contribution in [1.29, 1.82) is 0 Å². The number of fused-ring (bicyclic) bond motifs is 3. The van der Waals surface area contributed by atoms with Crippen molar-refractivity contribution in [2.75, 3.05) is 11.9 Å². The average Bonchev–Trinajstić information content (AvgIpc) is 3.23. The summed E-state index contributed by atoms with van der Waals surface area (Å²) in [4.78, 5) is 26.1. The number of anilines is 1. The van der Waals surface area contributed by atoms with Crippen LogP contribution in [0.25, 0.3) is 11.1 Å². The number of hydrogen-bond donors (Lipinski definition) is 3. The maximum atomic E-state index is 13.2. The van der Waals surface area contributed by atoms with Crippen LogP contribution in [0.3, 0.4) is 0 Å². The fourth-order valence-corrected chi connectivity index (χ4v) is 4.82. The van der Waals surface area contributed by atoms with Gasteiger partial charge in [0.25, 0.3) is 0 Å². The number of amides is 2. The van der Waals surface area contributed by atoms with Crippen LogP contribution in [0.2, 0.25) is 5.02 Å². The van der Waals surface area contributed by atoms with Gasteiger partial charge in [0, 0.05) is 12.3 Å². The highest BCUT2D eigenvalue weighted by Gasteiger charge is 2.30. The molecule has 0 aromatic heterocycles. The van der Waals surface area contributed by atoms with Gasteiger partial charge in [-0.3, -0.25) is 4.79 Å². The molecule has 6 nitrogen and oxygen atoms in total. The number of aromatic hydroxyl groups is 1. The predicted octanol–water partition coefficient (Wildman–Crippen LogP) is 6.13. The molecule has 0 heterocycles. The lowest BCUT2D eigenvalue weighted by Gasteiger charge is -2.20. The van der Waals surface area contributed by atoms with E-state index < -0.39 is 18.0 Å². The molecule has 1 aliphatic carbocycles. The highest BCUT2D eigenvalue weighted by Crippen LogP contribution is 2.44. The minimum Gasteiger partial charge on any atom is -0.508 e. The number of ether oxygens (including phenoxy) is 1. The quantitative estimate of drug-likeness (QED) is 0.278. The number of alkyl carbamates (subject to hydrolysis) is 1. The average molecular weight is 513 g/mol. The van der Waals surface area contributed by atoms with E-state index in [0.717, 1.165) is 27.8 Å². The first kappa shape index (κ1) is 24.4. The van der Waals surface area contributed by atoms with Gasteiger partial charge in [-0.05, 0) is 52.1 Å². The Morgan fingerprint density at radius 1 is 0.838 bits per heavy atom. The first-order valence-electron chi connectivity index (χ1n) is 11.9. The standard InChI is InChI=1S/C30H25ClN2O4/c31-26-11-5-6-12-27(26)32-29(35)28(17-19-13-15-20(34)16-14-19)33-30(36)37-18-25-23-9-3-1-7-21(23)22-8-2-4-10-24(22)25/h1-16,25,28,34H,17-18H2,(H,32,35)(H,33,36)/t28-/m0/s1. The molecule has 1 aliphatic rings. The maximum absolute atomic E-state index is 13.2. The monoisotopic (exact) mass is 512 g/mol. The third-order valence-corrected chi connectivity index (χ3v) is 6.79. The van der Waals surface area contributed by atoms with Crippen molar-refractivity contribution in [3.63, 3.8) is 0 Å². The van der Waals surface area contributed by atoms with Crippen molar-refractivity contribution >= 4 is 29.3 Å². The maximum Gasteiger partial charge on any atom is 0.407 e. The molecule has 0 bridgehead atoms. The van der Waals surface area contributed by atoms with Crippen molar-refractivity contribution in [1.82, 2.24) is 5.32 Å². The van der Waals surface area contributed by atoms with Crippen LogP contribution in [-0.2, 0) is 16.0 Å². The Hall–Kier alpha value is -4.29. The second-order valence-electron chi connectivity index (χ2n) is 8.86. The zero-order valence-corrected chi connectivity index (χ0v) is 20.6. The number of para-hydroxylation sites is 1. The number of phenolic OH excluding ortho intramolecular Hbond substituents is 1. The Balaban J connectivity index is 1.30. The number of halogens is 1. The topological polar surface area (TPSA) is 87.7 Å². The number of carbonyl (C=O) groups is 2. The summed E-state index contributed by atoms with van der Waals surface area (Å²) in [6, 6.07) is 28.6. The molecule has 4 aromatic rings.